The van der Waals surface area contributed by atoms with Crippen LogP contribution in [0.25, 0.3) is 0 Å². The lowest BCUT2D eigenvalue weighted by Gasteiger charge is -2.41. The molecule has 0 saturated carbocycles. The highest BCUT2D eigenvalue weighted by molar-refractivity contribution is 6.25. The zero-order valence-corrected chi connectivity index (χ0v) is 16.6. The highest BCUT2D eigenvalue weighted by Gasteiger charge is 2.77. The molecule has 3 aliphatic heterocycles. The molecule has 29 heavy (non-hydrogen) atoms. The second-order valence-electron chi connectivity index (χ2n) is 7.77. The number of rotatable bonds is 5. The van der Waals surface area contributed by atoms with Gasteiger partial charge >= 0.3 is 6.09 Å². The van der Waals surface area contributed by atoms with Gasteiger partial charge in [0.25, 0.3) is 0 Å². The number of Topliss-reactive ketones (excluding diaryl/α,β-unsaturated/α-hetero) is 2. The van der Waals surface area contributed by atoms with Gasteiger partial charge in [-0.25, -0.2) is 4.79 Å². The number of allylic oxidation sites excluding steroid dienone is 2. The summed E-state index contributed by atoms with van der Waals surface area (Å²) in [6.45, 7) is 3.52. The number of piperazine rings is 1. The van der Waals surface area contributed by atoms with Crippen LogP contribution in [-0.2, 0) is 23.9 Å². The van der Waals surface area contributed by atoms with Crippen LogP contribution in [0.1, 0.15) is 26.7 Å². The normalized spacial score (nSPS) is 32.4. The first kappa shape index (κ1) is 19.4. The summed E-state index contributed by atoms with van der Waals surface area (Å²) < 4.78 is 11.0. The molecule has 0 bridgehead atoms. The molecule has 3 unspecified atom stereocenters. The van der Waals surface area contributed by atoms with Crippen molar-refractivity contribution in [2.24, 2.45) is 17.4 Å². The number of ether oxygens (including phenoxy) is 2. The number of primary amides is 1. The lowest BCUT2D eigenvalue weighted by atomic mass is 9.82. The molecule has 10 nitrogen and oxygen atoms in total. The molecule has 10 heteroatoms. The Labute approximate surface area is 167 Å². The van der Waals surface area contributed by atoms with Crippen LogP contribution < -0.4 is 11.5 Å². The first-order chi connectivity index (χ1) is 13.7. The van der Waals surface area contributed by atoms with Crippen molar-refractivity contribution in [3.8, 4) is 0 Å². The van der Waals surface area contributed by atoms with Crippen molar-refractivity contribution in [3.63, 3.8) is 0 Å². The molecule has 4 atom stereocenters. The Morgan fingerprint density at radius 1 is 1.28 bits per heavy atom. The van der Waals surface area contributed by atoms with Gasteiger partial charge in [-0.15, -0.1) is 0 Å². The summed E-state index contributed by atoms with van der Waals surface area (Å²) in [6, 6.07) is -0.494. The van der Waals surface area contributed by atoms with Crippen molar-refractivity contribution in [1.29, 1.82) is 0 Å². The molecule has 2 saturated heterocycles. The van der Waals surface area contributed by atoms with Crippen LogP contribution >= 0.6 is 0 Å². The summed E-state index contributed by atoms with van der Waals surface area (Å²) in [7, 11) is 1.46. The Hall–Kier alpha value is -2.88. The van der Waals surface area contributed by atoms with Crippen molar-refractivity contribution in [2.75, 3.05) is 20.3 Å². The summed E-state index contributed by atoms with van der Waals surface area (Å²) in [5, 5.41) is 0. The van der Waals surface area contributed by atoms with Gasteiger partial charge in [0.1, 0.15) is 12.6 Å². The predicted octanol–water partition coefficient (Wildman–Crippen LogP) is -0.612. The van der Waals surface area contributed by atoms with Gasteiger partial charge in [-0.3, -0.25) is 14.4 Å². The van der Waals surface area contributed by atoms with Crippen LogP contribution in [-0.4, -0.2) is 71.4 Å². The predicted molar refractivity (Wildman–Crippen MR) is 98.7 cm³/mol. The average Bonchev–Trinajstić information content (AvgIpc) is 3.19. The average molecular weight is 404 g/mol. The number of nitrogens with two attached hydrogens (primary N) is 2. The van der Waals surface area contributed by atoms with Gasteiger partial charge in [-0.1, -0.05) is 6.92 Å². The number of carbonyl (C=O) groups is 4. The van der Waals surface area contributed by atoms with E-state index < -0.39 is 23.5 Å². The van der Waals surface area contributed by atoms with Gasteiger partial charge in [0.2, 0.25) is 17.5 Å². The second kappa shape index (κ2) is 6.31. The topological polar surface area (TPSA) is 145 Å². The fraction of sp³-hybridized carbons (Fsp3) is 0.579. The first-order valence-electron chi connectivity index (χ1n) is 9.58. The van der Waals surface area contributed by atoms with E-state index in [0.29, 0.717) is 19.4 Å². The molecule has 156 valence electrons. The van der Waals surface area contributed by atoms with Crippen LogP contribution in [0.5, 0.6) is 0 Å². The van der Waals surface area contributed by atoms with E-state index in [0.717, 1.165) is 0 Å². The molecular formula is C19H24N4O6. The SMILES string of the molecule is CCCC(=O)N1C2CN3C4=C(C(=O)C(N)=C(C)C4=O)[C@@H](COC(N)=O)C3(OC)C21. The lowest BCUT2D eigenvalue weighted by Crippen LogP contribution is -2.56. The number of nitrogens with zero attached hydrogens (tertiary/aromatic N) is 2. The first-order valence-corrected chi connectivity index (χ1v) is 9.58. The maximum atomic E-state index is 13.0. The standard InChI is InChI=1S/C19H24N4O6/c1-4-5-11(24)23-10-6-22-14-12(16(26)13(20)8(2)15(14)25)9(7-29-18(21)27)19(22,28-3)17(10)23/h9-10,17H,4-7,20H2,1-3H3,(H2,21,27)/t9-,10?,17?,19?,23?/m1/s1. The molecular weight excluding hydrogens is 380 g/mol. The Morgan fingerprint density at radius 2 is 1.97 bits per heavy atom. The van der Waals surface area contributed by atoms with E-state index in [2.05, 4.69) is 0 Å². The third-order valence-corrected chi connectivity index (χ3v) is 6.44. The van der Waals surface area contributed by atoms with E-state index in [-0.39, 0.29) is 52.9 Å². The van der Waals surface area contributed by atoms with Crippen LogP contribution in [0.4, 0.5) is 4.79 Å². The van der Waals surface area contributed by atoms with E-state index >= 15 is 0 Å². The largest absolute Gasteiger partial charge is 0.449 e. The summed E-state index contributed by atoms with van der Waals surface area (Å²) in [5.41, 5.74) is 10.3. The van der Waals surface area contributed by atoms with Gasteiger partial charge in [-0.2, -0.15) is 0 Å². The Bertz CT molecular complexity index is 908. The zero-order chi connectivity index (χ0) is 21.2. The number of methoxy groups -OCH3 is 1. The van der Waals surface area contributed by atoms with Crippen LogP contribution in [0.2, 0.25) is 0 Å². The minimum absolute atomic E-state index is 0.00973. The second-order valence-corrected chi connectivity index (χ2v) is 7.77. The van der Waals surface area contributed by atoms with Crippen molar-refractivity contribution < 1.29 is 28.7 Å². The smallest absolute Gasteiger partial charge is 0.404 e. The molecule has 0 aromatic heterocycles. The van der Waals surface area contributed by atoms with Crippen molar-refractivity contribution >= 4 is 23.6 Å². The summed E-state index contributed by atoms with van der Waals surface area (Å²) in [5.74, 6) is -1.64. The number of ketones is 2. The fourth-order valence-electron chi connectivity index (χ4n) is 5.16. The number of amides is 2. The molecule has 2 fully saturated rings. The quantitative estimate of drug-likeness (QED) is 0.456. The minimum atomic E-state index is -1.19. The Kier molecular flexibility index (Phi) is 4.23. The molecule has 4 N–H and O–H groups in total. The summed E-state index contributed by atoms with van der Waals surface area (Å²) in [6.07, 6.45) is 0.0988. The number of fused-ring (bicyclic) bond motifs is 4. The van der Waals surface area contributed by atoms with Crippen molar-refractivity contribution in [2.45, 2.75) is 44.5 Å². The van der Waals surface area contributed by atoms with E-state index in [9.17, 15) is 19.2 Å². The molecule has 0 radical (unpaired) electrons. The van der Waals surface area contributed by atoms with E-state index in [4.69, 9.17) is 20.9 Å². The van der Waals surface area contributed by atoms with E-state index in [1.807, 2.05) is 6.92 Å². The van der Waals surface area contributed by atoms with Gasteiger partial charge < -0.3 is 30.7 Å². The maximum absolute atomic E-state index is 13.0. The molecule has 4 rings (SSSR count). The lowest BCUT2D eigenvalue weighted by molar-refractivity contribution is -0.153. The Balaban J connectivity index is 1.79. The van der Waals surface area contributed by atoms with Crippen LogP contribution in [0.15, 0.2) is 22.5 Å². The minimum Gasteiger partial charge on any atom is -0.449 e. The summed E-state index contributed by atoms with van der Waals surface area (Å²) >= 11 is 0. The molecule has 0 spiro atoms. The highest BCUT2D eigenvalue weighted by atomic mass is 16.6. The van der Waals surface area contributed by atoms with Gasteiger partial charge in [-0.05, 0) is 13.3 Å². The van der Waals surface area contributed by atoms with E-state index in [1.165, 1.54) is 14.0 Å². The maximum Gasteiger partial charge on any atom is 0.404 e. The van der Waals surface area contributed by atoms with E-state index in [1.54, 1.807) is 9.80 Å². The summed E-state index contributed by atoms with van der Waals surface area (Å²) in [4.78, 5) is 53.4. The van der Waals surface area contributed by atoms with Gasteiger partial charge in [0, 0.05) is 31.2 Å². The molecule has 3 heterocycles. The molecule has 2 amide bonds. The molecule has 1 aliphatic carbocycles. The van der Waals surface area contributed by atoms with Gasteiger partial charge in [0.05, 0.1) is 23.4 Å². The van der Waals surface area contributed by atoms with Gasteiger partial charge in [0.15, 0.2) is 5.72 Å². The van der Waals surface area contributed by atoms with Crippen molar-refractivity contribution in [3.05, 3.63) is 22.5 Å². The monoisotopic (exact) mass is 404 g/mol. The van der Waals surface area contributed by atoms with Crippen LogP contribution in [0, 0.1) is 5.92 Å². The number of hydrogen-bond acceptors (Lipinski definition) is 8. The Morgan fingerprint density at radius 3 is 2.55 bits per heavy atom. The molecule has 0 aromatic carbocycles. The zero-order valence-electron chi connectivity index (χ0n) is 16.6. The van der Waals surface area contributed by atoms with Crippen LogP contribution in [0.3, 0.4) is 0 Å². The molecule has 4 aliphatic rings. The number of carbonyl (C=O) groups excluding carboxylic acids is 4. The van der Waals surface area contributed by atoms with Crippen molar-refractivity contribution in [1.82, 2.24) is 9.80 Å². The molecule has 0 aromatic rings. The highest BCUT2D eigenvalue weighted by Crippen LogP contribution is 2.59. The third kappa shape index (κ3) is 2.32. The number of hydrogen-bond donors (Lipinski definition) is 2. The third-order valence-electron chi connectivity index (χ3n) is 6.44. The fourth-order valence-corrected chi connectivity index (χ4v) is 5.16.